The Balaban J connectivity index is 1.70. The van der Waals surface area contributed by atoms with Gasteiger partial charge in [0.1, 0.15) is 0 Å². The Morgan fingerprint density at radius 2 is 1.77 bits per heavy atom. The Bertz CT molecular complexity index is 809. The minimum atomic E-state index is -0.0959. The van der Waals surface area contributed by atoms with Crippen molar-refractivity contribution in [1.29, 1.82) is 0 Å². The van der Waals surface area contributed by atoms with Crippen molar-refractivity contribution in [1.82, 2.24) is 4.98 Å². The Morgan fingerprint density at radius 1 is 1.00 bits per heavy atom. The lowest BCUT2D eigenvalue weighted by atomic mass is 10.2. The van der Waals surface area contributed by atoms with Crippen LogP contribution >= 0.6 is 0 Å². The smallest absolute Gasteiger partial charge is 0.243 e. The first-order valence-electron chi connectivity index (χ1n) is 7.17. The fourth-order valence-electron chi connectivity index (χ4n) is 2.35. The molecule has 2 aromatic carbocycles. The van der Waals surface area contributed by atoms with E-state index in [1.807, 2.05) is 61.5 Å². The number of hydrogen-bond donors (Lipinski definition) is 2. The zero-order chi connectivity index (χ0) is 15.4. The van der Waals surface area contributed by atoms with E-state index in [4.69, 9.17) is 0 Å². The van der Waals surface area contributed by atoms with E-state index < -0.39 is 0 Å². The maximum atomic E-state index is 12.1. The number of carbonyl (C=O) groups excluding carboxylic acids is 1. The average molecular weight is 291 g/mol. The molecule has 0 spiro atoms. The zero-order valence-corrected chi connectivity index (χ0v) is 12.3. The van der Waals surface area contributed by atoms with Gasteiger partial charge in [0.2, 0.25) is 5.91 Å². The summed E-state index contributed by atoms with van der Waals surface area (Å²) in [4.78, 5) is 16.5. The monoisotopic (exact) mass is 291 g/mol. The van der Waals surface area contributed by atoms with Crippen LogP contribution in [0.2, 0.25) is 0 Å². The van der Waals surface area contributed by atoms with Gasteiger partial charge >= 0.3 is 0 Å². The number of fused-ring (bicyclic) bond motifs is 1. The number of nitrogens with zero attached hydrogens (tertiary/aromatic N) is 1. The Morgan fingerprint density at radius 3 is 2.64 bits per heavy atom. The van der Waals surface area contributed by atoms with Crippen LogP contribution in [0, 0.1) is 6.92 Å². The van der Waals surface area contributed by atoms with E-state index in [9.17, 15) is 4.79 Å². The second-order valence-corrected chi connectivity index (χ2v) is 5.10. The second kappa shape index (κ2) is 6.26. The van der Waals surface area contributed by atoms with Gasteiger partial charge in [-0.1, -0.05) is 36.4 Å². The predicted molar refractivity (Wildman–Crippen MR) is 90.0 cm³/mol. The van der Waals surface area contributed by atoms with Crippen molar-refractivity contribution < 1.29 is 4.79 Å². The van der Waals surface area contributed by atoms with E-state index >= 15 is 0 Å². The van der Waals surface area contributed by atoms with Crippen LogP contribution in [-0.4, -0.2) is 17.4 Å². The fraction of sp³-hybridized carbons (Fsp3) is 0.111. The van der Waals surface area contributed by atoms with Crippen molar-refractivity contribution in [3.63, 3.8) is 0 Å². The van der Waals surface area contributed by atoms with Crippen LogP contribution in [0.15, 0.2) is 60.8 Å². The van der Waals surface area contributed by atoms with Gasteiger partial charge in [-0.25, -0.2) is 0 Å². The molecule has 3 rings (SSSR count). The quantitative estimate of drug-likeness (QED) is 0.772. The summed E-state index contributed by atoms with van der Waals surface area (Å²) in [5.41, 5.74) is 3.61. The molecule has 0 saturated heterocycles. The molecular weight excluding hydrogens is 274 g/mol. The molecule has 0 aliphatic carbocycles. The molecule has 0 atom stereocenters. The van der Waals surface area contributed by atoms with Crippen LogP contribution in [0.25, 0.3) is 10.9 Å². The summed E-state index contributed by atoms with van der Waals surface area (Å²) in [6.07, 6.45) is 1.73. The summed E-state index contributed by atoms with van der Waals surface area (Å²) in [5, 5.41) is 7.07. The van der Waals surface area contributed by atoms with Crippen molar-refractivity contribution in [2.24, 2.45) is 0 Å². The van der Waals surface area contributed by atoms with Crippen LogP contribution < -0.4 is 10.6 Å². The van der Waals surface area contributed by atoms with Crippen molar-refractivity contribution >= 4 is 28.2 Å². The molecule has 1 aromatic heterocycles. The summed E-state index contributed by atoms with van der Waals surface area (Å²) >= 11 is 0. The molecule has 0 radical (unpaired) electrons. The first-order chi connectivity index (χ1) is 10.7. The van der Waals surface area contributed by atoms with Crippen molar-refractivity contribution in [3.05, 3.63) is 66.4 Å². The van der Waals surface area contributed by atoms with Gasteiger partial charge in [-0.15, -0.1) is 0 Å². The van der Waals surface area contributed by atoms with Crippen LogP contribution in [0.1, 0.15) is 5.56 Å². The maximum absolute atomic E-state index is 12.1. The standard InChI is InChI=1S/C18H17N3O/c1-13-6-2-3-9-15(13)20-12-17(22)21-16-10-4-7-14-8-5-11-19-18(14)16/h2-11,20H,12H2,1H3,(H,21,22). The molecule has 3 aromatic rings. The van der Waals surface area contributed by atoms with Gasteiger partial charge in [-0.2, -0.15) is 0 Å². The Kier molecular flexibility index (Phi) is 4.01. The van der Waals surface area contributed by atoms with E-state index in [-0.39, 0.29) is 12.5 Å². The van der Waals surface area contributed by atoms with Gasteiger partial charge in [0.15, 0.2) is 0 Å². The van der Waals surface area contributed by atoms with Gasteiger partial charge in [-0.05, 0) is 30.7 Å². The molecule has 110 valence electrons. The van der Waals surface area contributed by atoms with Gasteiger partial charge in [0.25, 0.3) is 0 Å². The van der Waals surface area contributed by atoms with Crippen LogP contribution in [0.3, 0.4) is 0 Å². The lowest BCUT2D eigenvalue weighted by Gasteiger charge is -2.11. The molecule has 0 fully saturated rings. The van der Waals surface area contributed by atoms with E-state index in [0.29, 0.717) is 0 Å². The SMILES string of the molecule is Cc1ccccc1NCC(=O)Nc1cccc2cccnc12. The van der Waals surface area contributed by atoms with Crippen LogP contribution in [0.5, 0.6) is 0 Å². The Labute approximate surface area is 129 Å². The van der Waals surface area contributed by atoms with Gasteiger partial charge in [-0.3, -0.25) is 9.78 Å². The topological polar surface area (TPSA) is 54.0 Å². The van der Waals surface area contributed by atoms with Crippen molar-refractivity contribution in [2.45, 2.75) is 6.92 Å². The summed E-state index contributed by atoms with van der Waals surface area (Å²) < 4.78 is 0. The van der Waals surface area contributed by atoms with Crippen LogP contribution in [-0.2, 0) is 4.79 Å². The normalized spacial score (nSPS) is 10.4. The van der Waals surface area contributed by atoms with Gasteiger partial charge in [0.05, 0.1) is 17.7 Å². The van der Waals surface area contributed by atoms with E-state index in [1.165, 1.54) is 0 Å². The molecule has 0 bridgehead atoms. The number of rotatable bonds is 4. The molecule has 0 aliphatic rings. The maximum Gasteiger partial charge on any atom is 0.243 e. The number of nitrogens with one attached hydrogen (secondary N) is 2. The average Bonchev–Trinajstić information content (AvgIpc) is 2.54. The third-order valence-corrected chi connectivity index (χ3v) is 3.49. The number of pyridine rings is 1. The summed E-state index contributed by atoms with van der Waals surface area (Å²) in [6, 6.07) is 17.5. The number of anilines is 2. The summed E-state index contributed by atoms with van der Waals surface area (Å²) in [7, 11) is 0. The molecule has 1 heterocycles. The third-order valence-electron chi connectivity index (χ3n) is 3.49. The number of aromatic nitrogens is 1. The lowest BCUT2D eigenvalue weighted by Crippen LogP contribution is -2.22. The number of carbonyl (C=O) groups is 1. The van der Waals surface area contributed by atoms with Crippen molar-refractivity contribution in [2.75, 3.05) is 17.2 Å². The number of aryl methyl sites for hydroxylation is 1. The fourth-order valence-corrected chi connectivity index (χ4v) is 2.35. The summed E-state index contributed by atoms with van der Waals surface area (Å²) in [5.74, 6) is -0.0959. The third kappa shape index (κ3) is 3.06. The van der Waals surface area contributed by atoms with Crippen LogP contribution in [0.4, 0.5) is 11.4 Å². The number of hydrogen-bond acceptors (Lipinski definition) is 3. The first kappa shape index (κ1) is 14.1. The molecular formula is C18H17N3O. The second-order valence-electron chi connectivity index (χ2n) is 5.10. The zero-order valence-electron chi connectivity index (χ0n) is 12.3. The molecule has 0 saturated carbocycles. The largest absolute Gasteiger partial charge is 0.376 e. The molecule has 1 amide bonds. The molecule has 4 heteroatoms. The molecule has 4 nitrogen and oxygen atoms in total. The minimum Gasteiger partial charge on any atom is -0.376 e. The van der Waals surface area contributed by atoms with E-state index in [2.05, 4.69) is 15.6 Å². The van der Waals surface area contributed by atoms with Gasteiger partial charge in [0, 0.05) is 17.3 Å². The highest BCUT2D eigenvalue weighted by molar-refractivity contribution is 6.01. The first-order valence-corrected chi connectivity index (χ1v) is 7.17. The Hall–Kier alpha value is -2.88. The molecule has 22 heavy (non-hydrogen) atoms. The van der Waals surface area contributed by atoms with E-state index in [1.54, 1.807) is 6.20 Å². The predicted octanol–water partition coefficient (Wildman–Crippen LogP) is 3.59. The number of para-hydroxylation sites is 2. The summed E-state index contributed by atoms with van der Waals surface area (Å²) in [6.45, 7) is 2.23. The number of amides is 1. The highest BCUT2D eigenvalue weighted by Crippen LogP contribution is 2.20. The van der Waals surface area contributed by atoms with Crippen molar-refractivity contribution in [3.8, 4) is 0 Å². The molecule has 0 unspecified atom stereocenters. The molecule has 2 N–H and O–H groups in total. The highest BCUT2D eigenvalue weighted by Gasteiger charge is 2.07. The highest BCUT2D eigenvalue weighted by atomic mass is 16.1. The minimum absolute atomic E-state index is 0.0959. The molecule has 0 aliphatic heterocycles. The lowest BCUT2D eigenvalue weighted by molar-refractivity contribution is -0.114. The van der Waals surface area contributed by atoms with E-state index in [0.717, 1.165) is 27.8 Å². The number of benzene rings is 2. The van der Waals surface area contributed by atoms with Gasteiger partial charge < -0.3 is 10.6 Å².